The zero-order chi connectivity index (χ0) is 11.2. The van der Waals surface area contributed by atoms with Crippen LogP contribution in [0.15, 0.2) is 30.3 Å². The monoisotopic (exact) mass is 234 g/mol. The van der Waals surface area contributed by atoms with Crippen molar-refractivity contribution in [2.75, 3.05) is 11.9 Å². The standard InChI is InChI=1S/C13H18N2S/c16-13(14-10-11-6-4-5-7-11)15-12-8-2-1-3-9-12/h1-3,8-9,11H,4-7,10H2,(H2,14,15,16). The smallest absolute Gasteiger partial charge is 0.170 e. The van der Waals surface area contributed by atoms with Crippen molar-refractivity contribution in [2.45, 2.75) is 25.7 Å². The van der Waals surface area contributed by atoms with Crippen molar-refractivity contribution in [3.63, 3.8) is 0 Å². The minimum Gasteiger partial charge on any atom is -0.362 e. The van der Waals surface area contributed by atoms with Gasteiger partial charge in [-0.15, -0.1) is 0 Å². The highest BCUT2D eigenvalue weighted by molar-refractivity contribution is 7.80. The van der Waals surface area contributed by atoms with E-state index < -0.39 is 0 Å². The molecule has 16 heavy (non-hydrogen) atoms. The maximum Gasteiger partial charge on any atom is 0.170 e. The molecule has 0 heterocycles. The molecule has 1 saturated carbocycles. The topological polar surface area (TPSA) is 24.1 Å². The molecule has 2 rings (SSSR count). The lowest BCUT2D eigenvalue weighted by Gasteiger charge is -2.13. The summed E-state index contributed by atoms with van der Waals surface area (Å²) in [4.78, 5) is 0. The highest BCUT2D eigenvalue weighted by Crippen LogP contribution is 2.23. The number of thiocarbonyl (C=S) groups is 1. The molecule has 2 N–H and O–H groups in total. The Morgan fingerprint density at radius 3 is 2.56 bits per heavy atom. The van der Waals surface area contributed by atoms with Crippen LogP contribution in [0.5, 0.6) is 0 Å². The van der Waals surface area contributed by atoms with E-state index in [1.165, 1.54) is 25.7 Å². The van der Waals surface area contributed by atoms with Crippen LogP contribution in [0.4, 0.5) is 5.69 Å². The van der Waals surface area contributed by atoms with Gasteiger partial charge in [-0.3, -0.25) is 0 Å². The second kappa shape index (κ2) is 5.85. The van der Waals surface area contributed by atoms with E-state index >= 15 is 0 Å². The number of anilines is 1. The Bertz CT molecular complexity index is 331. The average Bonchev–Trinajstić information content (AvgIpc) is 2.81. The number of para-hydroxylation sites is 1. The lowest BCUT2D eigenvalue weighted by atomic mass is 10.1. The van der Waals surface area contributed by atoms with Gasteiger partial charge in [0.05, 0.1) is 0 Å². The predicted molar refractivity (Wildman–Crippen MR) is 72.6 cm³/mol. The zero-order valence-corrected chi connectivity index (χ0v) is 10.2. The fraction of sp³-hybridized carbons (Fsp3) is 0.462. The number of benzene rings is 1. The molecule has 0 saturated heterocycles. The first-order valence-electron chi connectivity index (χ1n) is 5.94. The molecule has 1 fully saturated rings. The first-order valence-corrected chi connectivity index (χ1v) is 6.35. The van der Waals surface area contributed by atoms with Crippen LogP contribution in [0.3, 0.4) is 0 Å². The van der Waals surface area contributed by atoms with Gasteiger partial charge in [-0.05, 0) is 43.1 Å². The third-order valence-electron chi connectivity index (χ3n) is 3.06. The van der Waals surface area contributed by atoms with Crippen molar-refractivity contribution in [1.82, 2.24) is 5.32 Å². The van der Waals surface area contributed by atoms with Crippen molar-refractivity contribution in [3.8, 4) is 0 Å². The van der Waals surface area contributed by atoms with Gasteiger partial charge >= 0.3 is 0 Å². The first-order chi connectivity index (χ1) is 7.84. The Morgan fingerprint density at radius 1 is 1.19 bits per heavy atom. The molecular formula is C13H18N2S. The summed E-state index contributed by atoms with van der Waals surface area (Å²) in [7, 11) is 0. The highest BCUT2D eigenvalue weighted by Gasteiger charge is 2.14. The summed E-state index contributed by atoms with van der Waals surface area (Å²) in [5.74, 6) is 0.815. The highest BCUT2D eigenvalue weighted by atomic mass is 32.1. The normalized spacial score (nSPS) is 16.0. The van der Waals surface area contributed by atoms with E-state index in [2.05, 4.69) is 10.6 Å². The Kier molecular flexibility index (Phi) is 4.17. The lowest BCUT2D eigenvalue weighted by Crippen LogP contribution is -2.32. The summed E-state index contributed by atoms with van der Waals surface area (Å²) in [6, 6.07) is 10.0. The molecule has 0 aromatic heterocycles. The van der Waals surface area contributed by atoms with Gasteiger partial charge in [0.1, 0.15) is 0 Å². The van der Waals surface area contributed by atoms with E-state index in [1.54, 1.807) is 0 Å². The van der Waals surface area contributed by atoms with Crippen LogP contribution in [-0.2, 0) is 0 Å². The van der Waals surface area contributed by atoms with Crippen molar-refractivity contribution in [1.29, 1.82) is 0 Å². The fourth-order valence-electron chi connectivity index (χ4n) is 2.15. The number of hydrogen-bond donors (Lipinski definition) is 2. The van der Waals surface area contributed by atoms with Gasteiger partial charge in [-0.1, -0.05) is 31.0 Å². The maximum absolute atomic E-state index is 5.25. The van der Waals surface area contributed by atoms with Crippen LogP contribution >= 0.6 is 12.2 Å². The van der Waals surface area contributed by atoms with Gasteiger partial charge in [0.2, 0.25) is 0 Å². The van der Waals surface area contributed by atoms with E-state index in [9.17, 15) is 0 Å². The molecule has 0 spiro atoms. The largest absolute Gasteiger partial charge is 0.362 e. The van der Waals surface area contributed by atoms with Crippen LogP contribution in [0, 0.1) is 5.92 Å². The van der Waals surface area contributed by atoms with Crippen molar-refractivity contribution >= 4 is 23.0 Å². The Hall–Kier alpha value is -1.09. The summed E-state index contributed by atoms with van der Waals surface area (Å²) < 4.78 is 0. The molecule has 1 aliphatic carbocycles. The molecule has 0 aliphatic heterocycles. The molecule has 2 nitrogen and oxygen atoms in total. The summed E-state index contributed by atoms with van der Waals surface area (Å²) in [5, 5.41) is 7.21. The minimum atomic E-state index is 0.734. The maximum atomic E-state index is 5.25. The Morgan fingerprint density at radius 2 is 1.88 bits per heavy atom. The molecule has 1 aliphatic rings. The van der Waals surface area contributed by atoms with E-state index in [0.29, 0.717) is 0 Å². The molecule has 0 unspecified atom stereocenters. The van der Waals surface area contributed by atoms with Gasteiger partial charge in [0, 0.05) is 12.2 Å². The van der Waals surface area contributed by atoms with Crippen LogP contribution in [0.1, 0.15) is 25.7 Å². The summed E-state index contributed by atoms with van der Waals surface area (Å²) in [6.45, 7) is 1.01. The van der Waals surface area contributed by atoms with E-state index in [-0.39, 0.29) is 0 Å². The predicted octanol–water partition coefficient (Wildman–Crippen LogP) is 3.16. The molecule has 3 heteroatoms. The van der Waals surface area contributed by atoms with Crippen LogP contribution < -0.4 is 10.6 Å². The summed E-state index contributed by atoms with van der Waals surface area (Å²) in [5.41, 5.74) is 1.05. The van der Waals surface area contributed by atoms with E-state index in [4.69, 9.17) is 12.2 Å². The van der Waals surface area contributed by atoms with Gasteiger partial charge in [0.15, 0.2) is 5.11 Å². The zero-order valence-electron chi connectivity index (χ0n) is 9.41. The van der Waals surface area contributed by atoms with Crippen molar-refractivity contribution in [2.24, 2.45) is 5.92 Å². The minimum absolute atomic E-state index is 0.734. The van der Waals surface area contributed by atoms with Crippen molar-refractivity contribution < 1.29 is 0 Å². The second-order valence-electron chi connectivity index (χ2n) is 4.35. The SMILES string of the molecule is S=C(NCC1CCCC1)Nc1ccccc1. The van der Waals surface area contributed by atoms with Crippen LogP contribution in [0.2, 0.25) is 0 Å². The third kappa shape index (κ3) is 3.49. The molecule has 0 atom stereocenters. The quantitative estimate of drug-likeness (QED) is 0.786. The number of rotatable bonds is 3. The van der Waals surface area contributed by atoms with Crippen LogP contribution in [-0.4, -0.2) is 11.7 Å². The lowest BCUT2D eigenvalue weighted by molar-refractivity contribution is 0.537. The van der Waals surface area contributed by atoms with Crippen molar-refractivity contribution in [3.05, 3.63) is 30.3 Å². The van der Waals surface area contributed by atoms with Gasteiger partial charge in [-0.25, -0.2) is 0 Å². The molecule has 1 aromatic rings. The van der Waals surface area contributed by atoms with Gasteiger partial charge in [-0.2, -0.15) is 0 Å². The Labute approximate surface area is 102 Å². The number of hydrogen-bond acceptors (Lipinski definition) is 1. The first kappa shape index (κ1) is 11.4. The summed E-state index contributed by atoms with van der Waals surface area (Å²) in [6.07, 6.45) is 5.46. The average molecular weight is 234 g/mol. The molecule has 86 valence electrons. The summed E-state index contributed by atoms with van der Waals surface area (Å²) >= 11 is 5.25. The fourth-order valence-corrected chi connectivity index (χ4v) is 2.35. The third-order valence-corrected chi connectivity index (χ3v) is 3.30. The second-order valence-corrected chi connectivity index (χ2v) is 4.76. The molecule has 0 bridgehead atoms. The van der Waals surface area contributed by atoms with E-state index in [1.807, 2.05) is 30.3 Å². The van der Waals surface area contributed by atoms with Gasteiger partial charge < -0.3 is 10.6 Å². The van der Waals surface area contributed by atoms with Gasteiger partial charge in [0.25, 0.3) is 0 Å². The molecule has 0 radical (unpaired) electrons. The Balaban J connectivity index is 1.72. The number of nitrogens with one attached hydrogen (secondary N) is 2. The molecule has 1 aromatic carbocycles. The molecule has 0 amide bonds. The van der Waals surface area contributed by atoms with Crippen LogP contribution in [0.25, 0.3) is 0 Å². The van der Waals surface area contributed by atoms with E-state index in [0.717, 1.165) is 23.3 Å². The molecular weight excluding hydrogens is 216 g/mol.